The normalized spacial score (nSPS) is 10.5. The Morgan fingerprint density at radius 2 is 1.95 bits per heavy atom. The highest BCUT2D eigenvalue weighted by Gasteiger charge is 2.07. The Labute approximate surface area is 131 Å². The van der Waals surface area contributed by atoms with Gasteiger partial charge in [-0.1, -0.05) is 18.2 Å². The number of carbonyl (C=O) groups is 1. The predicted octanol–water partition coefficient (Wildman–Crippen LogP) is 2.70. The van der Waals surface area contributed by atoms with E-state index in [2.05, 4.69) is 20.5 Å². The monoisotopic (exact) mass is 298 g/mol. The minimum atomic E-state index is -0.134. The van der Waals surface area contributed by atoms with Crippen LogP contribution in [0.3, 0.4) is 0 Å². The van der Waals surface area contributed by atoms with Crippen LogP contribution in [-0.4, -0.2) is 43.0 Å². The summed E-state index contributed by atoms with van der Waals surface area (Å²) in [6, 6.07) is 12.9. The molecule has 0 unspecified atom stereocenters. The van der Waals surface area contributed by atoms with Crippen LogP contribution < -0.4 is 10.6 Å². The summed E-state index contributed by atoms with van der Waals surface area (Å²) in [5.41, 5.74) is 1.37. The van der Waals surface area contributed by atoms with Gasteiger partial charge in [0.25, 0.3) is 5.91 Å². The first kappa shape index (κ1) is 16.0. The molecule has 22 heavy (non-hydrogen) atoms. The van der Waals surface area contributed by atoms with Crippen molar-refractivity contribution in [1.29, 1.82) is 0 Å². The standard InChI is InChI=1S/C17H22N4O/c1-21(2)12-6-10-18-16-13-14(9-11-19-16)17(22)20-15-7-4-3-5-8-15/h3-5,7-9,11,13H,6,10,12H2,1-2H3,(H,18,19)(H,20,22). The zero-order valence-corrected chi connectivity index (χ0v) is 13.0. The molecule has 0 aliphatic heterocycles. The maximum atomic E-state index is 12.2. The molecule has 0 aliphatic rings. The van der Waals surface area contributed by atoms with Crippen molar-refractivity contribution in [2.24, 2.45) is 0 Å². The van der Waals surface area contributed by atoms with E-state index in [0.717, 1.165) is 31.0 Å². The summed E-state index contributed by atoms with van der Waals surface area (Å²) in [7, 11) is 4.10. The van der Waals surface area contributed by atoms with Crippen molar-refractivity contribution in [1.82, 2.24) is 9.88 Å². The molecule has 0 fully saturated rings. The van der Waals surface area contributed by atoms with Crippen LogP contribution in [-0.2, 0) is 0 Å². The first-order chi connectivity index (χ1) is 10.6. The third-order valence-corrected chi connectivity index (χ3v) is 3.14. The van der Waals surface area contributed by atoms with E-state index >= 15 is 0 Å². The van der Waals surface area contributed by atoms with Gasteiger partial charge in [0, 0.05) is 24.0 Å². The summed E-state index contributed by atoms with van der Waals surface area (Å²) in [4.78, 5) is 18.6. The minimum Gasteiger partial charge on any atom is -0.370 e. The number of carbonyl (C=O) groups excluding carboxylic acids is 1. The molecule has 1 amide bonds. The van der Waals surface area contributed by atoms with E-state index < -0.39 is 0 Å². The van der Waals surface area contributed by atoms with E-state index in [9.17, 15) is 4.79 Å². The lowest BCUT2D eigenvalue weighted by Gasteiger charge is -2.11. The molecular weight excluding hydrogens is 276 g/mol. The van der Waals surface area contributed by atoms with Gasteiger partial charge in [0.1, 0.15) is 5.82 Å². The number of nitrogens with one attached hydrogen (secondary N) is 2. The zero-order valence-electron chi connectivity index (χ0n) is 13.0. The highest BCUT2D eigenvalue weighted by atomic mass is 16.1. The van der Waals surface area contributed by atoms with Crippen molar-refractivity contribution in [2.75, 3.05) is 37.8 Å². The average Bonchev–Trinajstić information content (AvgIpc) is 2.53. The summed E-state index contributed by atoms with van der Waals surface area (Å²) in [5, 5.41) is 6.11. The largest absolute Gasteiger partial charge is 0.370 e. The van der Waals surface area contributed by atoms with Crippen LogP contribution in [0.1, 0.15) is 16.8 Å². The minimum absolute atomic E-state index is 0.134. The highest BCUT2D eigenvalue weighted by molar-refractivity contribution is 6.04. The predicted molar refractivity (Wildman–Crippen MR) is 90.3 cm³/mol. The lowest BCUT2D eigenvalue weighted by molar-refractivity contribution is 0.102. The fourth-order valence-corrected chi connectivity index (χ4v) is 2.00. The summed E-state index contributed by atoms with van der Waals surface area (Å²) < 4.78 is 0. The molecule has 0 bridgehead atoms. The van der Waals surface area contributed by atoms with E-state index in [-0.39, 0.29) is 5.91 Å². The SMILES string of the molecule is CN(C)CCCNc1cc(C(=O)Nc2ccccc2)ccn1. The summed E-state index contributed by atoms with van der Waals surface area (Å²) in [5.74, 6) is 0.587. The smallest absolute Gasteiger partial charge is 0.255 e. The van der Waals surface area contributed by atoms with Gasteiger partial charge in [-0.15, -0.1) is 0 Å². The van der Waals surface area contributed by atoms with E-state index in [4.69, 9.17) is 0 Å². The number of para-hydroxylation sites is 1. The summed E-state index contributed by atoms with van der Waals surface area (Å²) in [6.45, 7) is 1.84. The quantitative estimate of drug-likeness (QED) is 0.772. The number of hydrogen-bond donors (Lipinski definition) is 2. The average molecular weight is 298 g/mol. The number of anilines is 2. The Morgan fingerprint density at radius 1 is 1.18 bits per heavy atom. The Bertz CT molecular complexity index is 599. The second-order valence-electron chi connectivity index (χ2n) is 5.33. The van der Waals surface area contributed by atoms with Gasteiger partial charge in [0.2, 0.25) is 0 Å². The van der Waals surface area contributed by atoms with Crippen molar-refractivity contribution in [3.63, 3.8) is 0 Å². The molecule has 1 aromatic carbocycles. The zero-order chi connectivity index (χ0) is 15.8. The number of pyridine rings is 1. The molecule has 0 radical (unpaired) electrons. The number of rotatable bonds is 7. The Hall–Kier alpha value is -2.40. The lowest BCUT2D eigenvalue weighted by Crippen LogP contribution is -2.17. The molecule has 1 aromatic heterocycles. The number of hydrogen-bond acceptors (Lipinski definition) is 4. The first-order valence-electron chi connectivity index (χ1n) is 7.36. The number of aromatic nitrogens is 1. The third kappa shape index (κ3) is 5.18. The molecular formula is C17H22N4O. The van der Waals surface area contributed by atoms with Crippen molar-refractivity contribution in [2.45, 2.75) is 6.42 Å². The van der Waals surface area contributed by atoms with Crippen LogP contribution in [0.5, 0.6) is 0 Å². The third-order valence-electron chi connectivity index (χ3n) is 3.14. The molecule has 0 aliphatic carbocycles. The maximum absolute atomic E-state index is 12.2. The Balaban J connectivity index is 1.91. The second-order valence-corrected chi connectivity index (χ2v) is 5.33. The fourth-order valence-electron chi connectivity index (χ4n) is 2.00. The molecule has 0 spiro atoms. The van der Waals surface area contributed by atoms with Crippen LogP contribution >= 0.6 is 0 Å². The molecule has 0 saturated heterocycles. The van der Waals surface area contributed by atoms with E-state index in [1.807, 2.05) is 44.4 Å². The van der Waals surface area contributed by atoms with Crippen LogP contribution in [0.15, 0.2) is 48.7 Å². The highest BCUT2D eigenvalue weighted by Crippen LogP contribution is 2.11. The van der Waals surface area contributed by atoms with Gasteiger partial charge < -0.3 is 15.5 Å². The van der Waals surface area contributed by atoms with Gasteiger partial charge in [0.05, 0.1) is 0 Å². The van der Waals surface area contributed by atoms with E-state index in [1.165, 1.54) is 0 Å². The van der Waals surface area contributed by atoms with Crippen molar-refractivity contribution in [3.05, 3.63) is 54.2 Å². The number of nitrogens with zero attached hydrogens (tertiary/aromatic N) is 2. The molecule has 5 nitrogen and oxygen atoms in total. The second kappa shape index (κ2) is 8.14. The number of amides is 1. The lowest BCUT2D eigenvalue weighted by atomic mass is 10.2. The molecule has 2 aromatic rings. The molecule has 2 rings (SSSR count). The van der Waals surface area contributed by atoms with Crippen LogP contribution in [0.4, 0.5) is 11.5 Å². The molecule has 2 N–H and O–H groups in total. The molecule has 0 atom stereocenters. The summed E-state index contributed by atoms with van der Waals surface area (Å²) in [6.07, 6.45) is 2.67. The van der Waals surface area contributed by atoms with Crippen LogP contribution in [0, 0.1) is 0 Å². The molecule has 116 valence electrons. The number of benzene rings is 1. The van der Waals surface area contributed by atoms with Gasteiger partial charge in [-0.25, -0.2) is 4.98 Å². The van der Waals surface area contributed by atoms with Crippen molar-refractivity contribution in [3.8, 4) is 0 Å². The van der Waals surface area contributed by atoms with Gasteiger partial charge >= 0.3 is 0 Å². The Kier molecular flexibility index (Phi) is 5.91. The topological polar surface area (TPSA) is 57.3 Å². The maximum Gasteiger partial charge on any atom is 0.255 e. The van der Waals surface area contributed by atoms with Gasteiger partial charge in [-0.2, -0.15) is 0 Å². The Morgan fingerprint density at radius 3 is 2.68 bits per heavy atom. The van der Waals surface area contributed by atoms with Gasteiger partial charge in [-0.3, -0.25) is 4.79 Å². The molecule has 5 heteroatoms. The van der Waals surface area contributed by atoms with Gasteiger partial charge in [-0.05, 0) is 51.3 Å². The molecule has 1 heterocycles. The van der Waals surface area contributed by atoms with E-state index in [1.54, 1.807) is 18.3 Å². The molecule has 0 saturated carbocycles. The van der Waals surface area contributed by atoms with Crippen LogP contribution in [0.25, 0.3) is 0 Å². The van der Waals surface area contributed by atoms with Crippen molar-refractivity contribution < 1.29 is 4.79 Å². The summed E-state index contributed by atoms with van der Waals surface area (Å²) >= 11 is 0. The van der Waals surface area contributed by atoms with E-state index in [0.29, 0.717) is 5.56 Å². The van der Waals surface area contributed by atoms with Gasteiger partial charge in [0.15, 0.2) is 0 Å². The van der Waals surface area contributed by atoms with Crippen LogP contribution in [0.2, 0.25) is 0 Å². The fraction of sp³-hybridized carbons (Fsp3) is 0.294. The first-order valence-corrected chi connectivity index (χ1v) is 7.36. The van der Waals surface area contributed by atoms with Crippen molar-refractivity contribution >= 4 is 17.4 Å².